The molecule has 0 fully saturated rings. The smallest absolute Gasteiger partial charge is 0.389 e. The third-order valence-corrected chi connectivity index (χ3v) is 3.20. The topological polar surface area (TPSA) is 38.0 Å². The molecule has 2 aromatic carbocycles. The van der Waals surface area contributed by atoms with Crippen molar-refractivity contribution in [2.24, 2.45) is 5.73 Å². The number of nitrogens with one attached hydrogen (secondary N) is 1. The molecule has 0 aliphatic rings. The lowest BCUT2D eigenvalue weighted by molar-refractivity contribution is -0.138. The molecule has 0 unspecified atom stereocenters. The fourth-order valence-corrected chi connectivity index (χ4v) is 2.17. The summed E-state index contributed by atoms with van der Waals surface area (Å²) in [5.74, 6) is 0. The number of hydrogen-bond acceptors (Lipinski definition) is 2. The van der Waals surface area contributed by atoms with Gasteiger partial charge in [0, 0.05) is 17.8 Å². The predicted molar refractivity (Wildman–Crippen MR) is 81.1 cm³/mol. The molecule has 21 heavy (non-hydrogen) atoms. The van der Waals surface area contributed by atoms with Crippen LogP contribution in [0, 0.1) is 0 Å². The summed E-state index contributed by atoms with van der Waals surface area (Å²) in [6, 6.07) is 12.4. The highest BCUT2D eigenvalue weighted by molar-refractivity contribution is 7.80. The van der Waals surface area contributed by atoms with E-state index in [1.54, 1.807) is 30.3 Å². The van der Waals surface area contributed by atoms with Gasteiger partial charge in [0.25, 0.3) is 0 Å². The van der Waals surface area contributed by atoms with E-state index < -0.39 is 11.7 Å². The van der Waals surface area contributed by atoms with Gasteiger partial charge in [-0.2, -0.15) is 13.2 Å². The molecule has 0 bridgehead atoms. The van der Waals surface area contributed by atoms with Crippen molar-refractivity contribution in [2.75, 3.05) is 5.32 Å². The Bertz CT molecular complexity index is 653. The van der Waals surface area contributed by atoms with Gasteiger partial charge in [0.1, 0.15) is 4.99 Å². The standard InChI is InChI=1S/C15H13F3N2S/c16-15(17,18)12-7-3-1-5-10(12)9-20-13-8-4-2-6-11(13)14(19)21/h1-8,20H,9H2,(H2,19,21). The van der Waals surface area contributed by atoms with Gasteiger partial charge in [-0.05, 0) is 23.8 Å². The monoisotopic (exact) mass is 310 g/mol. The van der Waals surface area contributed by atoms with E-state index in [1.807, 2.05) is 0 Å². The van der Waals surface area contributed by atoms with E-state index in [0.29, 0.717) is 11.3 Å². The van der Waals surface area contributed by atoms with E-state index in [1.165, 1.54) is 12.1 Å². The molecule has 0 radical (unpaired) electrons. The molecule has 0 spiro atoms. The van der Waals surface area contributed by atoms with Gasteiger partial charge in [0.05, 0.1) is 5.56 Å². The number of benzene rings is 2. The average molecular weight is 310 g/mol. The SMILES string of the molecule is NC(=S)c1ccccc1NCc1ccccc1C(F)(F)F. The molecule has 2 nitrogen and oxygen atoms in total. The van der Waals surface area contributed by atoms with Gasteiger partial charge in [0.15, 0.2) is 0 Å². The predicted octanol–water partition coefficient (Wildman–Crippen LogP) is 3.95. The Morgan fingerprint density at radius 3 is 2.33 bits per heavy atom. The lowest BCUT2D eigenvalue weighted by atomic mass is 10.1. The Hall–Kier alpha value is -2.08. The van der Waals surface area contributed by atoms with Crippen LogP contribution in [0.1, 0.15) is 16.7 Å². The van der Waals surface area contributed by atoms with Crippen molar-refractivity contribution in [3.8, 4) is 0 Å². The molecule has 0 aliphatic heterocycles. The summed E-state index contributed by atoms with van der Waals surface area (Å²) < 4.78 is 38.7. The molecule has 0 saturated carbocycles. The van der Waals surface area contributed by atoms with E-state index in [0.717, 1.165) is 6.07 Å². The van der Waals surface area contributed by atoms with E-state index in [9.17, 15) is 13.2 Å². The van der Waals surface area contributed by atoms with E-state index in [2.05, 4.69) is 5.32 Å². The Morgan fingerprint density at radius 2 is 1.67 bits per heavy atom. The van der Waals surface area contributed by atoms with Gasteiger partial charge in [-0.1, -0.05) is 42.5 Å². The first kappa shape index (κ1) is 15.3. The van der Waals surface area contributed by atoms with Gasteiger partial charge in [-0.15, -0.1) is 0 Å². The van der Waals surface area contributed by atoms with Crippen LogP contribution < -0.4 is 11.1 Å². The first-order valence-electron chi connectivity index (χ1n) is 6.17. The summed E-state index contributed by atoms with van der Waals surface area (Å²) in [7, 11) is 0. The molecule has 0 aliphatic carbocycles. The van der Waals surface area contributed by atoms with Crippen LogP contribution in [-0.4, -0.2) is 4.99 Å². The molecule has 2 aromatic rings. The zero-order valence-corrected chi connectivity index (χ0v) is 11.8. The van der Waals surface area contributed by atoms with Gasteiger partial charge in [-0.25, -0.2) is 0 Å². The first-order chi connectivity index (χ1) is 9.89. The summed E-state index contributed by atoms with van der Waals surface area (Å²) in [4.78, 5) is 0.196. The van der Waals surface area contributed by atoms with Crippen LogP contribution in [0.5, 0.6) is 0 Å². The van der Waals surface area contributed by atoms with Crippen LogP contribution in [0.4, 0.5) is 18.9 Å². The molecule has 0 atom stereocenters. The van der Waals surface area contributed by atoms with E-state index in [4.69, 9.17) is 18.0 Å². The zero-order valence-electron chi connectivity index (χ0n) is 10.9. The molecule has 0 heterocycles. The normalized spacial score (nSPS) is 11.2. The zero-order chi connectivity index (χ0) is 15.5. The molecule has 0 aromatic heterocycles. The molecule has 2 rings (SSSR count). The van der Waals surface area contributed by atoms with Crippen molar-refractivity contribution in [3.05, 3.63) is 65.2 Å². The van der Waals surface area contributed by atoms with Crippen molar-refractivity contribution >= 4 is 22.9 Å². The van der Waals surface area contributed by atoms with Crippen molar-refractivity contribution in [1.29, 1.82) is 0 Å². The quantitative estimate of drug-likeness (QED) is 0.840. The lowest BCUT2D eigenvalue weighted by Crippen LogP contribution is -2.15. The number of alkyl halides is 3. The molecule has 0 saturated heterocycles. The fraction of sp³-hybridized carbons (Fsp3) is 0.133. The Kier molecular flexibility index (Phi) is 4.47. The number of para-hydroxylation sites is 1. The average Bonchev–Trinajstić information content (AvgIpc) is 2.44. The van der Waals surface area contributed by atoms with Crippen LogP contribution in [0.15, 0.2) is 48.5 Å². The molecule has 6 heteroatoms. The van der Waals surface area contributed by atoms with Gasteiger partial charge in [0.2, 0.25) is 0 Å². The van der Waals surface area contributed by atoms with Crippen LogP contribution >= 0.6 is 12.2 Å². The second kappa shape index (κ2) is 6.13. The third kappa shape index (κ3) is 3.72. The summed E-state index contributed by atoms with van der Waals surface area (Å²) in [6.45, 7) is 0.0370. The van der Waals surface area contributed by atoms with Gasteiger partial charge in [-0.3, -0.25) is 0 Å². The second-order valence-electron chi connectivity index (χ2n) is 4.42. The highest BCUT2D eigenvalue weighted by Gasteiger charge is 2.32. The summed E-state index contributed by atoms with van der Waals surface area (Å²) >= 11 is 4.92. The van der Waals surface area contributed by atoms with Crippen LogP contribution in [0.3, 0.4) is 0 Å². The summed E-state index contributed by atoms with van der Waals surface area (Å²) in [6.07, 6.45) is -4.37. The van der Waals surface area contributed by atoms with E-state index in [-0.39, 0.29) is 17.1 Å². The Morgan fingerprint density at radius 1 is 1.05 bits per heavy atom. The maximum atomic E-state index is 12.9. The highest BCUT2D eigenvalue weighted by Crippen LogP contribution is 2.32. The molecule has 110 valence electrons. The van der Waals surface area contributed by atoms with Crippen LogP contribution in [0.2, 0.25) is 0 Å². The number of thiocarbonyl (C=S) groups is 1. The number of nitrogens with two attached hydrogens (primary N) is 1. The molecule has 3 N–H and O–H groups in total. The van der Waals surface area contributed by atoms with Crippen molar-refractivity contribution < 1.29 is 13.2 Å². The van der Waals surface area contributed by atoms with Crippen molar-refractivity contribution in [1.82, 2.24) is 0 Å². The van der Waals surface area contributed by atoms with Crippen molar-refractivity contribution in [3.63, 3.8) is 0 Å². The Balaban J connectivity index is 2.24. The fourth-order valence-electron chi connectivity index (χ4n) is 1.99. The minimum Gasteiger partial charge on any atom is -0.389 e. The maximum absolute atomic E-state index is 12.9. The number of halogens is 3. The first-order valence-corrected chi connectivity index (χ1v) is 6.58. The molecular weight excluding hydrogens is 297 g/mol. The molecule has 0 amide bonds. The van der Waals surface area contributed by atoms with Gasteiger partial charge < -0.3 is 11.1 Å². The minimum absolute atomic E-state index is 0.0370. The largest absolute Gasteiger partial charge is 0.416 e. The lowest BCUT2D eigenvalue weighted by Gasteiger charge is -2.15. The number of anilines is 1. The van der Waals surface area contributed by atoms with Crippen LogP contribution in [0.25, 0.3) is 0 Å². The number of hydrogen-bond donors (Lipinski definition) is 2. The second-order valence-corrected chi connectivity index (χ2v) is 4.86. The molecular formula is C15H13F3N2S. The van der Waals surface area contributed by atoms with Gasteiger partial charge >= 0.3 is 6.18 Å². The van der Waals surface area contributed by atoms with Crippen LogP contribution in [-0.2, 0) is 12.7 Å². The number of rotatable bonds is 4. The third-order valence-electron chi connectivity index (χ3n) is 2.98. The van der Waals surface area contributed by atoms with E-state index >= 15 is 0 Å². The summed E-state index contributed by atoms with van der Waals surface area (Å²) in [5.41, 5.74) is 6.34. The maximum Gasteiger partial charge on any atom is 0.416 e. The summed E-state index contributed by atoms with van der Waals surface area (Å²) in [5, 5.41) is 2.96. The Labute approximate surface area is 125 Å². The minimum atomic E-state index is -4.37. The van der Waals surface area contributed by atoms with Crippen molar-refractivity contribution in [2.45, 2.75) is 12.7 Å². The highest BCUT2D eigenvalue weighted by atomic mass is 32.1.